The first-order valence-electron chi connectivity index (χ1n) is 10.3. The van der Waals surface area contributed by atoms with Crippen LogP contribution in [0.3, 0.4) is 0 Å². The smallest absolute Gasteiger partial charge is 0.328 e. The highest BCUT2D eigenvalue weighted by molar-refractivity contribution is 5.97. The molecule has 0 aliphatic heterocycles. The number of carbonyl (C=O) groups excluding carboxylic acids is 2. The Hall–Kier alpha value is -3.87. The molecule has 0 bridgehead atoms. The predicted octanol–water partition coefficient (Wildman–Crippen LogP) is 3.68. The molecule has 0 aliphatic rings. The zero-order chi connectivity index (χ0) is 23.1. The minimum atomic E-state index is -0.954. The van der Waals surface area contributed by atoms with Gasteiger partial charge in [-0.25, -0.2) is 9.78 Å². The van der Waals surface area contributed by atoms with E-state index in [1.165, 1.54) is 26.3 Å². The fourth-order valence-corrected chi connectivity index (χ4v) is 3.50. The maximum Gasteiger partial charge on any atom is 0.328 e. The molecule has 7 nitrogen and oxygen atoms in total. The monoisotopic (exact) mass is 434 g/mol. The van der Waals surface area contributed by atoms with Crippen molar-refractivity contribution in [2.24, 2.45) is 0 Å². The summed E-state index contributed by atoms with van der Waals surface area (Å²) in [5.74, 6) is -1.75. The third kappa shape index (κ3) is 5.24. The number of aromatic nitrogens is 1. The number of methoxy groups -OCH3 is 1. The number of ether oxygens (including phenoxy) is 2. The molecule has 0 fully saturated rings. The average molecular weight is 434 g/mol. The van der Waals surface area contributed by atoms with Gasteiger partial charge in [-0.1, -0.05) is 60.7 Å². The van der Waals surface area contributed by atoms with Crippen LogP contribution in [0, 0.1) is 0 Å². The number of carbonyl (C=O) groups is 2. The number of hydrogen-bond donors (Lipinski definition) is 2. The third-order valence-corrected chi connectivity index (χ3v) is 5.11. The van der Waals surface area contributed by atoms with Crippen LogP contribution in [-0.2, 0) is 9.53 Å². The molecular formula is C25H26N2O5. The van der Waals surface area contributed by atoms with Gasteiger partial charge in [-0.05, 0) is 25.0 Å². The zero-order valence-electron chi connectivity index (χ0n) is 18.2. The lowest BCUT2D eigenvalue weighted by atomic mass is 9.87. The summed E-state index contributed by atoms with van der Waals surface area (Å²) in [5, 5.41) is 12.6. The largest absolute Gasteiger partial charge is 0.503 e. The maximum atomic E-state index is 12.8. The molecule has 0 radical (unpaired) electrons. The Labute approximate surface area is 187 Å². The zero-order valence-corrected chi connectivity index (χ0v) is 18.2. The first kappa shape index (κ1) is 22.8. The van der Waals surface area contributed by atoms with Crippen molar-refractivity contribution in [1.82, 2.24) is 10.3 Å². The van der Waals surface area contributed by atoms with E-state index in [2.05, 4.69) is 10.3 Å². The summed E-state index contributed by atoms with van der Waals surface area (Å²) < 4.78 is 10.7. The van der Waals surface area contributed by atoms with Gasteiger partial charge in [0.15, 0.2) is 17.2 Å². The number of nitrogens with one attached hydrogen (secondary N) is 1. The summed E-state index contributed by atoms with van der Waals surface area (Å²) in [6.07, 6.45) is 0.845. The second-order valence-corrected chi connectivity index (χ2v) is 7.35. The molecule has 1 amide bonds. The summed E-state index contributed by atoms with van der Waals surface area (Å²) >= 11 is 0. The normalized spacial score (nSPS) is 12.6. The van der Waals surface area contributed by atoms with Crippen molar-refractivity contribution in [1.29, 1.82) is 0 Å². The fraction of sp³-hybridized carbons (Fsp3) is 0.240. The summed E-state index contributed by atoms with van der Waals surface area (Å²) in [6.45, 7) is 3.34. The minimum absolute atomic E-state index is 0.113. The number of pyridine rings is 1. The van der Waals surface area contributed by atoms with Gasteiger partial charge in [-0.2, -0.15) is 0 Å². The van der Waals surface area contributed by atoms with E-state index in [0.717, 1.165) is 11.1 Å². The van der Waals surface area contributed by atoms with Gasteiger partial charge in [0.05, 0.1) is 7.11 Å². The second kappa shape index (κ2) is 10.4. The summed E-state index contributed by atoms with van der Waals surface area (Å²) in [5.41, 5.74) is 1.80. The number of aromatic hydroxyl groups is 1. The SMILES string of the molecule is COc1ccnc(C(=O)NC(C)C(=O)O[C@@H](C)C(c2ccccc2)c2ccccc2)c1O. The summed E-state index contributed by atoms with van der Waals surface area (Å²) in [4.78, 5) is 29.1. The molecule has 1 aromatic heterocycles. The van der Waals surface area contributed by atoms with Gasteiger partial charge in [-0.15, -0.1) is 0 Å². The minimum Gasteiger partial charge on any atom is -0.503 e. The highest BCUT2D eigenvalue weighted by Gasteiger charge is 2.28. The Balaban J connectivity index is 1.72. The molecule has 0 aliphatic carbocycles. The van der Waals surface area contributed by atoms with E-state index < -0.39 is 29.8 Å². The van der Waals surface area contributed by atoms with Crippen LogP contribution in [0.1, 0.15) is 41.4 Å². The Morgan fingerprint density at radius 2 is 1.50 bits per heavy atom. The van der Waals surface area contributed by atoms with Gasteiger partial charge in [0.2, 0.25) is 0 Å². The van der Waals surface area contributed by atoms with Gasteiger partial charge in [0, 0.05) is 18.2 Å². The lowest BCUT2D eigenvalue weighted by Gasteiger charge is -2.26. The summed E-state index contributed by atoms with van der Waals surface area (Å²) in [6, 6.07) is 20.1. The molecule has 0 saturated heterocycles. The Bertz CT molecular complexity index is 1020. The topological polar surface area (TPSA) is 97.8 Å². The standard InChI is InChI=1S/C25H26N2O5/c1-16(27-24(29)22-23(28)20(31-3)14-15-26-22)25(30)32-17(2)21(18-10-6-4-7-11-18)19-12-8-5-9-13-19/h4-17,21,28H,1-3H3,(H,27,29)/t16?,17-/m0/s1. The Morgan fingerprint density at radius 3 is 2.03 bits per heavy atom. The van der Waals surface area contributed by atoms with Gasteiger partial charge in [0.25, 0.3) is 5.91 Å². The van der Waals surface area contributed by atoms with Crippen molar-refractivity contribution < 1.29 is 24.2 Å². The molecule has 2 N–H and O–H groups in total. The van der Waals surface area contributed by atoms with Crippen LogP contribution < -0.4 is 10.1 Å². The molecule has 1 heterocycles. The van der Waals surface area contributed by atoms with E-state index in [0.29, 0.717) is 0 Å². The lowest BCUT2D eigenvalue weighted by Crippen LogP contribution is -2.41. The quantitative estimate of drug-likeness (QED) is 0.525. The highest BCUT2D eigenvalue weighted by atomic mass is 16.5. The highest BCUT2D eigenvalue weighted by Crippen LogP contribution is 2.30. The Kier molecular flexibility index (Phi) is 7.44. The maximum absolute atomic E-state index is 12.8. The van der Waals surface area contributed by atoms with Crippen molar-refractivity contribution in [2.45, 2.75) is 31.9 Å². The van der Waals surface area contributed by atoms with E-state index >= 15 is 0 Å². The second-order valence-electron chi connectivity index (χ2n) is 7.35. The first-order valence-corrected chi connectivity index (χ1v) is 10.3. The van der Waals surface area contributed by atoms with Crippen molar-refractivity contribution in [3.8, 4) is 11.5 Å². The van der Waals surface area contributed by atoms with Crippen LogP contribution in [0.25, 0.3) is 0 Å². The molecule has 32 heavy (non-hydrogen) atoms. The molecule has 166 valence electrons. The molecule has 2 aromatic carbocycles. The van der Waals surface area contributed by atoms with Crippen molar-refractivity contribution in [3.63, 3.8) is 0 Å². The predicted molar refractivity (Wildman–Crippen MR) is 120 cm³/mol. The van der Waals surface area contributed by atoms with Gasteiger partial charge in [0.1, 0.15) is 12.1 Å². The Morgan fingerprint density at radius 1 is 0.938 bits per heavy atom. The van der Waals surface area contributed by atoms with Crippen LogP contribution in [0.5, 0.6) is 11.5 Å². The molecule has 3 aromatic rings. The number of rotatable bonds is 8. The molecule has 1 unspecified atom stereocenters. The van der Waals surface area contributed by atoms with Crippen LogP contribution in [0.4, 0.5) is 0 Å². The lowest BCUT2D eigenvalue weighted by molar-refractivity contribution is -0.150. The summed E-state index contributed by atoms with van der Waals surface area (Å²) in [7, 11) is 1.37. The van der Waals surface area contributed by atoms with E-state index in [1.54, 1.807) is 0 Å². The molecular weight excluding hydrogens is 408 g/mol. The van der Waals surface area contributed by atoms with Crippen LogP contribution >= 0.6 is 0 Å². The van der Waals surface area contributed by atoms with Crippen molar-refractivity contribution in [3.05, 3.63) is 89.7 Å². The number of esters is 1. The number of amides is 1. The van der Waals surface area contributed by atoms with E-state index in [9.17, 15) is 14.7 Å². The fourth-order valence-electron chi connectivity index (χ4n) is 3.50. The first-order chi connectivity index (χ1) is 15.4. The van der Waals surface area contributed by atoms with Gasteiger partial charge >= 0.3 is 5.97 Å². The molecule has 3 rings (SSSR count). The molecule has 0 spiro atoms. The van der Waals surface area contributed by atoms with E-state index in [1.807, 2.05) is 67.6 Å². The van der Waals surface area contributed by atoms with E-state index in [4.69, 9.17) is 9.47 Å². The van der Waals surface area contributed by atoms with Crippen molar-refractivity contribution >= 4 is 11.9 Å². The molecule has 0 saturated carbocycles. The molecule has 7 heteroatoms. The van der Waals surface area contributed by atoms with Gasteiger partial charge < -0.3 is 19.9 Å². The molecule has 2 atom stereocenters. The number of hydrogen-bond acceptors (Lipinski definition) is 6. The van der Waals surface area contributed by atoms with Gasteiger partial charge in [-0.3, -0.25) is 4.79 Å². The number of nitrogens with zero attached hydrogens (tertiary/aromatic N) is 1. The number of benzene rings is 2. The van der Waals surface area contributed by atoms with E-state index in [-0.39, 0.29) is 17.4 Å². The van der Waals surface area contributed by atoms with Crippen LogP contribution in [0.2, 0.25) is 0 Å². The van der Waals surface area contributed by atoms with Crippen LogP contribution in [-0.4, -0.2) is 41.2 Å². The average Bonchev–Trinajstić information content (AvgIpc) is 2.80. The van der Waals surface area contributed by atoms with Crippen LogP contribution in [0.15, 0.2) is 72.9 Å². The third-order valence-electron chi connectivity index (χ3n) is 5.11. The van der Waals surface area contributed by atoms with Crippen molar-refractivity contribution in [2.75, 3.05) is 7.11 Å².